The van der Waals surface area contributed by atoms with E-state index >= 15 is 0 Å². The Hall–Kier alpha value is -1.55. The highest BCUT2D eigenvalue weighted by molar-refractivity contribution is 5.82. The quantitative estimate of drug-likeness (QED) is 0.776. The van der Waals surface area contributed by atoms with Crippen molar-refractivity contribution >= 4 is 5.91 Å². The van der Waals surface area contributed by atoms with Crippen molar-refractivity contribution in [2.75, 3.05) is 20.3 Å². The highest BCUT2D eigenvalue weighted by Crippen LogP contribution is 2.28. The predicted octanol–water partition coefficient (Wildman–Crippen LogP) is 2.79. The summed E-state index contributed by atoms with van der Waals surface area (Å²) < 4.78 is 5.36. The highest BCUT2D eigenvalue weighted by atomic mass is 16.5. The number of aliphatic hydroxyl groups is 1. The summed E-state index contributed by atoms with van der Waals surface area (Å²) in [4.78, 5) is 12.5. The number of methoxy groups -OCH3 is 1. The number of para-hydroxylation sites is 1. The molecule has 0 spiro atoms. The normalized spacial score (nSPS) is 12.1. The number of nitrogens with one attached hydrogen (secondary N) is 1. The number of ether oxygens (including phenoxy) is 1. The molecule has 0 heterocycles. The average Bonchev–Trinajstić information content (AvgIpc) is 2.45. The van der Waals surface area contributed by atoms with E-state index in [4.69, 9.17) is 9.84 Å². The first-order chi connectivity index (χ1) is 10.2. The van der Waals surface area contributed by atoms with E-state index in [1.165, 1.54) is 0 Å². The predicted molar refractivity (Wildman–Crippen MR) is 89.0 cm³/mol. The summed E-state index contributed by atoms with van der Waals surface area (Å²) in [6.45, 7) is 8.64. The molecule has 0 radical (unpaired) electrons. The van der Waals surface area contributed by atoms with Gasteiger partial charge in [-0.3, -0.25) is 4.79 Å². The molecule has 0 aliphatic carbocycles. The van der Waals surface area contributed by atoms with Crippen LogP contribution in [0.3, 0.4) is 0 Å². The number of carbonyl (C=O) groups excluding carboxylic acids is 1. The van der Waals surface area contributed by atoms with Crippen LogP contribution in [-0.4, -0.2) is 31.3 Å². The number of carbonyl (C=O) groups is 1. The number of hydrogen-bond acceptors (Lipinski definition) is 3. The van der Waals surface area contributed by atoms with Crippen LogP contribution >= 0.6 is 0 Å². The van der Waals surface area contributed by atoms with Gasteiger partial charge in [0.1, 0.15) is 5.75 Å². The first kappa shape index (κ1) is 18.5. The molecule has 1 aromatic carbocycles. The fourth-order valence-electron chi connectivity index (χ4n) is 2.36. The van der Waals surface area contributed by atoms with Gasteiger partial charge in [-0.25, -0.2) is 0 Å². The van der Waals surface area contributed by atoms with Crippen LogP contribution in [0.15, 0.2) is 24.3 Å². The summed E-state index contributed by atoms with van der Waals surface area (Å²) in [5.74, 6) is 0.827. The Morgan fingerprint density at radius 3 is 2.45 bits per heavy atom. The molecule has 0 aromatic heterocycles. The van der Waals surface area contributed by atoms with Gasteiger partial charge in [-0.05, 0) is 29.9 Å². The van der Waals surface area contributed by atoms with Crippen LogP contribution in [0.5, 0.6) is 5.75 Å². The molecule has 2 N–H and O–H groups in total. The summed E-state index contributed by atoms with van der Waals surface area (Å²) in [6, 6.07) is 7.78. The third-order valence-corrected chi connectivity index (χ3v) is 3.96. The van der Waals surface area contributed by atoms with Gasteiger partial charge >= 0.3 is 0 Å². The SMILES string of the molecule is COc1ccccc1CC(C)(C)C(=O)NCC(C)(C)CCO. The lowest BCUT2D eigenvalue weighted by molar-refractivity contribution is -0.129. The maximum atomic E-state index is 12.5. The average molecular weight is 307 g/mol. The van der Waals surface area contributed by atoms with Crippen LogP contribution in [0, 0.1) is 10.8 Å². The molecule has 0 bridgehead atoms. The maximum absolute atomic E-state index is 12.5. The Kier molecular flexibility index (Phi) is 6.42. The van der Waals surface area contributed by atoms with E-state index in [2.05, 4.69) is 5.32 Å². The van der Waals surface area contributed by atoms with Crippen molar-refractivity contribution in [2.24, 2.45) is 10.8 Å². The molecule has 4 nitrogen and oxygen atoms in total. The molecule has 0 aliphatic heterocycles. The van der Waals surface area contributed by atoms with Gasteiger partial charge in [0.2, 0.25) is 5.91 Å². The van der Waals surface area contributed by atoms with Crippen molar-refractivity contribution in [3.63, 3.8) is 0 Å². The van der Waals surface area contributed by atoms with Gasteiger partial charge in [0.05, 0.1) is 7.11 Å². The zero-order valence-corrected chi connectivity index (χ0v) is 14.4. The van der Waals surface area contributed by atoms with Crippen molar-refractivity contribution in [2.45, 2.75) is 40.5 Å². The first-order valence-electron chi connectivity index (χ1n) is 7.73. The number of benzene rings is 1. The van der Waals surface area contributed by atoms with E-state index < -0.39 is 5.41 Å². The minimum absolute atomic E-state index is 0.0180. The molecule has 124 valence electrons. The third-order valence-electron chi connectivity index (χ3n) is 3.96. The fraction of sp³-hybridized carbons (Fsp3) is 0.611. The lowest BCUT2D eigenvalue weighted by Gasteiger charge is -2.29. The maximum Gasteiger partial charge on any atom is 0.226 e. The van der Waals surface area contributed by atoms with Gasteiger partial charge in [0, 0.05) is 18.6 Å². The minimum Gasteiger partial charge on any atom is -0.496 e. The van der Waals surface area contributed by atoms with Crippen molar-refractivity contribution in [3.05, 3.63) is 29.8 Å². The van der Waals surface area contributed by atoms with E-state index in [9.17, 15) is 4.79 Å². The molecule has 0 aliphatic rings. The monoisotopic (exact) mass is 307 g/mol. The molecule has 0 atom stereocenters. The Morgan fingerprint density at radius 2 is 1.86 bits per heavy atom. The Balaban J connectivity index is 2.71. The molecule has 4 heteroatoms. The zero-order valence-electron chi connectivity index (χ0n) is 14.4. The number of hydrogen-bond donors (Lipinski definition) is 2. The lowest BCUT2D eigenvalue weighted by atomic mass is 9.83. The second kappa shape index (κ2) is 7.63. The summed E-state index contributed by atoms with van der Waals surface area (Å²) in [5, 5.41) is 12.1. The standard InChI is InChI=1S/C18H29NO3/c1-17(2,10-11-20)13-19-16(21)18(3,4)12-14-8-6-7-9-15(14)22-5/h6-9,20H,10-13H2,1-5H3,(H,19,21). The second-order valence-electron chi connectivity index (χ2n) is 7.19. The Morgan fingerprint density at radius 1 is 1.23 bits per heavy atom. The van der Waals surface area contributed by atoms with Gasteiger partial charge in [0.15, 0.2) is 0 Å². The van der Waals surface area contributed by atoms with E-state index in [1.54, 1.807) is 7.11 Å². The zero-order chi connectivity index (χ0) is 16.8. The summed E-state index contributed by atoms with van der Waals surface area (Å²) in [7, 11) is 1.64. The van der Waals surface area contributed by atoms with Gasteiger partial charge < -0.3 is 15.2 Å². The molecule has 0 saturated heterocycles. The Bertz CT molecular complexity index is 495. The number of amides is 1. The molecule has 0 fully saturated rings. The fourth-order valence-corrected chi connectivity index (χ4v) is 2.36. The number of aliphatic hydroxyl groups excluding tert-OH is 1. The molecule has 22 heavy (non-hydrogen) atoms. The molecule has 0 saturated carbocycles. The molecule has 1 aromatic rings. The topological polar surface area (TPSA) is 58.6 Å². The second-order valence-corrected chi connectivity index (χ2v) is 7.19. The molecule has 1 amide bonds. The third kappa shape index (κ3) is 5.34. The van der Waals surface area contributed by atoms with Crippen molar-refractivity contribution in [3.8, 4) is 5.75 Å². The van der Waals surface area contributed by atoms with Crippen LogP contribution in [0.2, 0.25) is 0 Å². The van der Waals surface area contributed by atoms with Gasteiger partial charge in [-0.15, -0.1) is 0 Å². The van der Waals surface area contributed by atoms with Crippen LogP contribution in [0.25, 0.3) is 0 Å². The minimum atomic E-state index is -0.524. The number of rotatable bonds is 8. The van der Waals surface area contributed by atoms with E-state index in [0.717, 1.165) is 11.3 Å². The highest BCUT2D eigenvalue weighted by Gasteiger charge is 2.30. The molecule has 1 rings (SSSR count). The molecular formula is C18H29NO3. The van der Waals surface area contributed by atoms with Crippen LogP contribution < -0.4 is 10.1 Å². The van der Waals surface area contributed by atoms with Gasteiger partial charge in [-0.2, -0.15) is 0 Å². The largest absolute Gasteiger partial charge is 0.496 e. The van der Waals surface area contributed by atoms with Gasteiger partial charge in [-0.1, -0.05) is 45.9 Å². The summed E-state index contributed by atoms with van der Waals surface area (Å²) in [6.07, 6.45) is 1.28. The van der Waals surface area contributed by atoms with Gasteiger partial charge in [0.25, 0.3) is 0 Å². The van der Waals surface area contributed by atoms with Crippen LogP contribution in [0.1, 0.15) is 39.7 Å². The van der Waals surface area contributed by atoms with Crippen LogP contribution in [0.4, 0.5) is 0 Å². The van der Waals surface area contributed by atoms with E-state index in [-0.39, 0.29) is 17.9 Å². The smallest absolute Gasteiger partial charge is 0.226 e. The van der Waals surface area contributed by atoms with Crippen molar-refractivity contribution in [1.82, 2.24) is 5.32 Å². The summed E-state index contributed by atoms with van der Waals surface area (Å²) >= 11 is 0. The van der Waals surface area contributed by atoms with Crippen LogP contribution in [-0.2, 0) is 11.2 Å². The first-order valence-corrected chi connectivity index (χ1v) is 7.73. The molecule has 0 unspecified atom stereocenters. The lowest BCUT2D eigenvalue weighted by Crippen LogP contribution is -2.42. The Labute approximate surface area is 133 Å². The van der Waals surface area contributed by atoms with Crippen molar-refractivity contribution < 1.29 is 14.6 Å². The summed E-state index contributed by atoms with van der Waals surface area (Å²) in [5.41, 5.74) is 0.397. The van der Waals surface area contributed by atoms with E-state index in [1.807, 2.05) is 52.0 Å². The van der Waals surface area contributed by atoms with E-state index in [0.29, 0.717) is 19.4 Å². The molecular weight excluding hydrogens is 278 g/mol. The van der Waals surface area contributed by atoms with Crippen molar-refractivity contribution in [1.29, 1.82) is 0 Å².